The van der Waals surface area contributed by atoms with Crippen molar-refractivity contribution in [1.29, 1.82) is 0 Å². The van der Waals surface area contributed by atoms with Gasteiger partial charge in [0.25, 0.3) is 10.1 Å². The van der Waals surface area contributed by atoms with Crippen molar-refractivity contribution in [1.82, 2.24) is 4.90 Å². The van der Waals surface area contributed by atoms with Crippen LogP contribution in [0.5, 0.6) is 0 Å². The standard InChI is InChI=1S/C13H19NO3S/c1-11-3-2-8-14(9-11)10-12-4-6-13(7-5-12)18(15,16)17/h4-7,11H,2-3,8-10H2,1H3,(H,15,16,17)/t11-/m0/s1. The molecule has 1 aromatic rings. The summed E-state index contributed by atoms with van der Waals surface area (Å²) in [6.07, 6.45) is 2.52. The molecule has 0 aliphatic carbocycles. The maximum Gasteiger partial charge on any atom is 0.294 e. The van der Waals surface area contributed by atoms with Crippen LogP contribution in [0, 0.1) is 5.92 Å². The second-order valence-corrected chi connectivity index (χ2v) is 6.52. The molecule has 1 aliphatic rings. The Morgan fingerprint density at radius 2 is 2.00 bits per heavy atom. The molecule has 0 radical (unpaired) electrons. The van der Waals surface area contributed by atoms with Crippen molar-refractivity contribution < 1.29 is 13.0 Å². The first-order valence-corrected chi connectivity index (χ1v) is 7.68. The van der Waals surface area contributed by atoms with E-state index in [1.807, 2.05) is 0 Å². The molecular formula is C13H19NO3S. The van der Waals surface area contributed by atoms with E-state index in [1.54, 1.807) is 12.1 Å². The van der Waals surface area contributed by atoms with Crippen LogP contribution in [0.15, 0.2) is 29.2 Å². The van der Waals surface area contributed by atoms with Crippen LogP contribution in [0.3, 0.4) is 0 Å². The molecule has 5 heteroatoms. The molecule has 2 rings (SSSR count). The van der Waals surface area contributed by atoms with Crippen molar-refractivity contribution in [3.63, 3.8) is 0 Å². The average molecular weight is 269 g/mol. The first kappa shape index (κ1) is 13.5. The van der Waals surface area contributed by atoms with Gasteiger partial charge in [-0.05, 0) is 43.0 Å². The molecule has 1 saturated heterocycles. The van der Waals surface area contributed by atoms with Crippen LogP contribution in [0.1, 0.15) is 25.3 Å². The molecule has 0 saturated carbocycles. The zero-order valence-corrected chi connectivity index (χ0v) is 11.4. The third-order valence-corrected chi connectivity index (χ3v) is 4.24. The minimum Gasteiger partial charge on any atom is -0.299 e. The molecule has 0 aromatic heterocycles. The van der Waals surface area contributed by atoms with Crippen LogP contribution in [0.4, 0.5) is 0 Å². The summed E-state index contributed by atoms with van der Waals surface area (Å²) in [4.78, 5) is 2.34. The molecule has 1 heterocycles. The monoisotopic (exact) mass is 269 g/mol. The van der Waals surface area contributed by atoms with E-state index in [0.717, 1.165) is 31.1 Å². The number of piperidine rings is 1. The number of nitrogens with zero attached hydrogens (tertiary/aromatic N) is 1. The highest BCUT2D eigenvalue weighted by Gasteiger charge is 2.16. The van der Waals surface area contributed by atoms with E-state index in [1.165, 1.54) is 25.0 Å². The zero-order chi connectivity index (χ0) is 13.2. The fourth-order valence-corrected chi connectivity index (χ4v) is 2.94. The van der Waals surface area contributed by atoms with E-state index in [-0.39, 0.29) is 4.90 Å². The number of hydrogen-bond donors (Lipinski definition) is 1. The predicted molar refractivity (Wildman–Crippen MR) is 69.9 cm³/mol. The van der Waals surface area contributed by atoms with E-state index in [4.69, 9.17) is 4.55 Å². The van der Waals surface area contributed by atoms with Gasteiger partial charge in [0.1, 0.15) is 0 Å². The summed E-state index contributed by atoms with van der Waals surface area (Å²) >= 11 is 0. The minimum atomic E-state index is -4.08. The van der Waals surface area contributed by atoms with Gasteiger partial charge in [-0.1, -0.05) is 19.1 Å². The lowest BCUT2D eigenvalue weighted by Gasteiger charge is -2.30. The first-order valence-electron chi connectivity index (χ1n) is 6.24. The van der Waals surface area contributed by atoms with Crippen LogP contribution in [0.25, 0.3) is 0 Å². The number of rotatable bonds is 3. The minimum absolute atomic E-state index is 0.0433. The van der Waals surface area contributed by atoms with Crippen LogP contribution >= 0.6 is 0 Å². The fourth-order valence-electron chi connectivity index (χ4n) is 2.46. The molecule has 100 valence electrons. The van der Waals surface area contributed by atoms with Gasteiger partial charge in [0, 0.05) is 13.1 Å². The zero-order valence-electron chi connectivity index (χ0n) is 10.5. The quantitative estimate of drug-likeness (QED) is 0.854. The van der Waals surface area contributed by atoms with Crippen molar-refractivity contribution in [3.8, 4) is 0 Å². The molecular weight excluding hydrogens is 250 g/mol. The first-order chi connectivity index (χ1) is 8.45. The van der Waals surface area contributed by atoms with Gasteiger partial charge in [-0.3, -0.25) is 9.45 Å². The van der Waals surface area contributed by atoms with E-state index in [0.29, 0.717) is 0 Å². The van der Waals surface area contributed by atoms with Gasteiger partial charge in [-0.2, -0.15) is 8.42 Å². The van der Waals surface area contributed by atoms with Crippen molar-refractivity contribution in [3.05, 3.63) is 29.8 Å². The molecule has 1 aromatic carbocycles. The predicted octanol–water partition coefficient (Wildman–Crippen LogP) is 2.17. The summed E-state index contributed by atoms with van der Waals surface area (Å²) in [5, 5.41) is 0. The summed E-state index contributed by atoms with van der Waals surface area (Å²) in [6.45, 7) is 5.30. The van der Waals surface area contributed by atoms with Gasteiger partial charge >= 0.3 is 0 Å². The van der Waals surface area contributed by atoms with E-state index in [2.05, 4.69) is 11.8 Å². The molecule has 4 nitrogen and oxygen atoms in total. The van der Waals surface area contributed by atoms with Crippen molar-refractivity contribution >= 4 is 10.1 Å². The van der Waals surface area contributed by atoms with Gasteiger partial charge in [-0.15, -0.1) is 0 Å². The van der Waals surface area contributed by atoms with Crippen molar-refractivity contribution in [2.45, 2.75) is 31.2 Å². The van der Waals surface area contributed by atoms with Gasteiger partial charge < -0.3 is 0 Å². The summed E-state index contributed by atoms with van der Waals surface area (Å²) in [6, 6.07) is 6.45. The molecule has 18 heavy (non-hydrogen) atoms. The normalized spacial score (nSPS) is 22.0. The number of likely N-dealkylation sites (tertiary alicyclic amines) is 1. The fraction of sp³-hybridized carbons (Fsp3) is 0.538. The van der Waals surface area contributed by atoms with Crippen LogP contribution < -0.4 is 0 Å². The second-order valence-electron chi connectivity index (χ2n) is 5.10. The molecule has 0 amide bonds. The van der Waals surface area contributed by atoms with Crippen LogP contribution in [-0.4, -0.2) is 31.0 Å². The highest BCUT2D eigenvalue weighted by Crippen LogP contribution is 2.18. The Bertz CT molecular complexity index is 495. The smallest absolute Gasteiger partial charge is 0.294 e. The van der Waals surface area contributed by atoms with E-state index in [9.17, 15) is 8.42 Å². The van der Waals surface area contributed by atoms with Crippen LogP contribution in [0.2, 0.25) is 0 Å². The molecule has 0 spiro atoms. The second kappa shape index (κ2) is 5.38. The number of hydrogen-bond acceptors (Lipinski definition) is 3. The average Bonchev–Trinajstić information content (AvgIpc) is 2.28. The lowest BCUT2D eigenvalue weighted by molar-refractivity contribution is 0.176. The molecule has 1 N–H and O–H groups in total. The van der Waals surface area contributed by atoms with Crippen LogP contribution in [-0.2, 0) is 16.7 Å². The molecule has 0 bridgehead atoms. The Labute approximate surface area is 108 Å². The Kier molecular flexibility index (Phi) is 4.04. The maximum absolute atomic E-state index is 10.9. The SMILES string of the molecule is C[C@H]1CCCN(Cc2ccc(S(=O)(=O)O)cc2)C1. The van der Waals surface area contributed by atoms with Gasteiger partial charge in [-0.25, -0.2) is 0 Å². The number of benzene rings is 1. The summed E-state index contributed by atoms with van der Waals surface area (Å²) in [5.41, 5.74) is 1.08. The summed E-state index contributed by atoms with van der Waals surface area (Å²) in [5.74, 6) is 0.732. The van der Waals surface area contributed by atoms with Gasteiger partial charge in [0.05, 0.1) is 4.90 Å². The van der Waals surface area contributed by atoms with E-state index < -0.39 is 10.1 Å². The Balaban J connectivity index is 2.02. The van der Waals surface area contributed by atoms with Gasteiger partial charge in [0.2, 0.25) is 0 Å². The molecule has 1 fully saturated rings. The Hall–Kier alpha value is -0.910. The maximum atomic E-state index is 10.9. The highest BCUT2D eigenvalue weighted by molar-refractivity contribution is 7.85. The summed E-state index contributed by atoms with van der Waals surface area (Å²) in [7, 11) is -4.08. The molecule has 1 atom stereocenters. The van der Waals surface area contributed by atoms with Gasteiger partial charge in [0.15, 0.2) is 0 Å². The lowest BCUT2D eigenvalue weighted by Crippen LogP contribution is -2.33. The Morgan fingerprint density at radius 3 is 2.56 bits per heavy atom. The van der Waals surface area contributed by atoms with Crippen molar-refractivity contribution in [2.75, 3.05) is 13.1 Å². The third-order valence-electron chi connectivity index (χ3n) is 3.37. The van der Waals surface area contributed by atoms with E-state index >= 15 is 0 Å². The third kappa shape index (κ3) is 3.54. The summed E-state index contributed by atoms with van der Waals surface area (Å²) < 4.78 is 30.7. The Morgan fingerprint density at radius 1 is 1.33 bits per heavy atom. The lowest BCUT2D eigenvalue weighted by atomic mass is 10.00. The largest absolute Gasteiger partial charge is 0.299 e. The molecule has 1 aliphatic heterocycles. The van der Waals surface area contributed by atoms with Crippen molar-refractivity contribution in [2.24, 2.45) is 5.92 Å². The topological polar surface area (TPSA) is 57.6 Å². The highest BCUT2D eigenvalue weighted by atomic mass is 32.2. The molecule has 0 unspecified atom stereocenters.